The fourth-order valence-corrected chi connectivity index (χ4v) is 2.22. The van der Waals surface area contributed by atoms with Gasteiger partial charge in [-0.3, -0.25) is 4.79 Å². The van der Waals surface area contributed by atoms with Gasteiger partial charge in [-0.1, -0.05) is 18.2 Å². The zero-order valence-electron chi connectivity index (χ0n) is 14.3. The minimum absolute atomic E-state index is 0.292. The molecule has 0 heterocycles. The maximum atomic E-state index is 12.8. The van der Waals surface area contributed by atoms with E-state index in [2.05, 4.69) is 5.32 Å². The van der Waals surface area contributed by atoms with Crippen LogP contribution in [0.25, 0.3) is 0 Å². The molecule has 2 aromatic carbocycles. The van der Waals surface area contributed by atoms with Crippen molar-refractivity contribution in [1.82, 2.24) is 0 Å². The van der Waals surface area contributed by atoms with E-state index in [4.69, 9.17) is 9.47 Å². The van der Waals surface area contributed by atoms with Gasteiger partial charge in [-0.15, -0.1) is 0 Å². The van der Waals surface area contributed by atoms with Gasteiger partial charge < -0.3 is 14.8 Å². The molecular formula is C19H20FNO4. The minimum atomic E-state index is -1.00. The van der Waals surface area contributed by atoms with Crippen LogP contribution in [0.5, 0.6) is 5.75 Å². The predicted octanol–water partition coefficient (Wildman–Crippen LogP) is 3.39. The Morgan fingerprint density at radius 2 is 1.68 bits per heavy atom. The highest BCUT2D eigenvalue weighted by atomic mass is 19.1. The van der Waals surface area contributed by atoms with Crippen molar-refractivity contribution >= 4 is 17.6 Å². The largest absolute Gasteiger partial charge is 0.481 e. The Balaban J connectivity index is 1.85. The number of amides is 1. The molecule has 0 fully saturated rings. The third-order valence-corrected chi connectivity index (χ3v) is 3.53. The molecule has 0 spiro atoms. The number of rotatable bonds is 6. The van der Waals surface area contributed by atoms with Crippen LogP contribution in [0.3, 0.4) is 0 Å². The molecule has 1 N–H and O–H groups in total. The highest BCUT2D eigenvalue weighted by Crippen LogP contribution is 2.22. The molecule has 0 bridgehead atoms. The van der Waals surface area contributed by atoms with Gasteiger partial charge in [0.15, 0.2) is 12.7 Å². The number of ether oxygens (including phenoxy) is 2. The van der Waals surface area contributed by atoms with Crippen LogP contribution in [0.15, 0.2) is 42.5 Å². The predicted molar refractivity (Wildman–Crippen MR) is 92.0 cm³/mol. The standard InChI is InChI=1S/C19H20FNO4/c1-12-5-4-6-13(2)18(12)24-11-17(22)25-14(3)19(23)21-16-9-7-15(20)8-10-16/h4-10,14H,11H2,1-3H3,(H,21,23)/t14-/m0/s1. The molecule has 0 saturated carbocycles. The van der Waals surface area contributed by atoms with E-state index in [1.54, 1.807) is 0 Å². The van der Waals surface area contributed by atoms with Gasteiger partial charge in [0.05, 0.1) is 0 Å². The Kier molecular flexibility index (Phi) is 6.11. The second-order valence-corrected chi connectivity index (χ2v) is 5.64. The van der Waals surface area contributed by atoms with Gasteiger partial charge in [-0.05, 0) is 56.2 Å². The minimum Gasteiger partial charge on any atom is -0.481 e. The first-order valence-corrected chi connectivity index (χ1v) is 7.81. The number of anilines is 1. The Bertz CT molecular complexity index is 738. The van der Waals surface area contributed by atoms with E-state index in [-0.39, 0.29) is 6.61 Å². The second kappa shape index (κ2) is 8.28. The summed E-state index contributed by atoms with van der Waals surface area (Å²) < 4.78 is 23.4. The number of benzene rings is 2. The molecule has 0 aliphatic carbocycles. The lowest BCUT2D eigenvalue weighted by Gasteiger charge is -2.15. The topological polar surface area (TPSA) is 64.6 Å². The van der Waals surface area contributed by atoms with E-state index in [0.717, 1.165) is 11.1 Å². The van der Waals surface area contributed by atoms with Crippen molar-refractivity contribution in [2.75, 3.05) is 11.9 Å². The van der Waals surface area contributed by atoms with Gasteiger partial charge in [0.2, 0.25) is 0 Å². The van der Waals surface area contributed by atoms with E-state index >= 15 is 0 Å². The molecule has 6 heteroatoms. The van der Waals surface area contributed by atoms with E-state index in [0.29, 0.717) is 11.4 Å². The molecule has 2 aromatic rings. The molecule has 0 aliphatic heterocycles. The summed E-state index contributed by atoms with van der Waals surface area (Å²) in [6, 6.07) is 11.0. The Hall–Kier alpha value is -2.89. The molecule has 132 valence electrons. The fourth-order valence-electron chi connectivity index (χ4n) is 2.22. The summed E-state index contributed by atoms with van der Waals surface area (Å²) in [5, 5.41) is 2.54. The lowest BCUT2D eigenvalue weighted by molar-refractivity contribution is -0.155. The van der Waals surface area contributed by atoms with Gasteiger partial charge >= 0.3 is 5.97 Å². The number of hydrogen-bond donors (Lipinski definition) is 1. The molecule has 0 aliphatic rings. The number of carbonyl (C=O) groups excluding carboxylic acids is 2. The maximum Gasteiger partial charge on any atom is 0.344 e. The maximum absolute atomic E-state index is 12.8. The summed E-state index contributed by atoms with van der Waals surface area (Å²) in [6.45, 7) is 4.93. The molecule has 0 unspecified atom stereocenters. The first-order chi connectivity index (χ1) is 11.9. The molecule has 1 atom stereocenters. The Morgan fingerprint density at radius 1 is 1.08 bits per heavy atom. The summed E-state index contributed by atoms with van der Waals surface area (Å²) in [5.74, 6) is -0.930. The van der Waals surface area contributed by atoms with Crippen LogP contribution in [-0.2, 0) is 14.3 Å². The normalized spacial score (nSPS) is 11.5. The number of para-hydroxylation sites is 1. The first kappa shape index (κ1) is 18.4. The molecule has 0 radical (unpaired) electrons. The van der Waals surface area contributed by atoms with Crippen LogP contribution in [-0.4, -0.2) is 24.6 Å². The third kappa shape index (κ3) is 5.31. The summed E-state index contributed by atoms with van der Waals surface area (Å²) >= 11 is 0. The number of hydrogen-bond acceptors (Lipinski definition) is 4. The average molecular weight is 345 g/mol. The summed E-state index contributed by atoms with van der Waals surface area (Å²) in [6.07, 6.45) is -1.00. The summed E-state index contributed by atoms with van der Waals surface area (Å²) in [4.78, 5) is 23.9. The van der Waals surface area contributed by atoms with Crippen molar-refractivity contribution in [3.8, 4) is 5.75 Å². The van der Waals surface area contributed by atoms with Crippen molar-refractivity contribution in [1.29, 1.82) is 0 Å². The van der Waals surface area contributed by atoms with Gasteiger partial charge in [-0.2, -0.15) is 0 Å². The van der Waals surface area contributed by atoms with Crippen LogP contribution in [0.1, 0.15) is 18.1 Å². The second-order valence-electron chi connectivity index (χ2n) is 5.64. The van der Waals surface area contributed by atoms with Gasteiger partial charge in [-0.25, -0.2) is 9.18 Å². The zero-order valence-corrected chi connectivity index (χ0v) is 14.3. The number of esters is 1. The first-order valence-electron chi connectivity index (χ1n) is 7.81. The number of halogens is 1. The average Bonchev–Trinajstić information content (AvgIpc) is 2.56. The molecule has 0 aromatic heterocycles. The lowest BCUT2D eigenvalue weighted by atomic mass is 10.1. The highest BCUT2D eigenvalue weighted by Gasteiger charge is 2.18. The molecule has 25 heavy (non-hydrogen) atoms. The van der Waals surface area contributed by atoms with Crippen molar-refractivity contribution in [3.63, 3.8) is 0 Å². The van der Waals surface area contributed by atoms with Gasteiger partial charge in [0.25, 0.3) is 5.91 Å². The van der Waals surface area contributed by atoms with Crippen LogP contribution in [0.4, 0.5) is 10.1 Å². The van der Waals surface area contributed by atoms with Crippen molar-refractivity contribution in [3.05, 3.63) is 59.4 Å². The van der Waals surface area contributed by atoms with Crippen LogP contribution < -0.4 is 10.1 Å². The zero-order chi connectivity index (χ0) is 18.4. The molecule has 2 rings (SSSR count). The number of nitrogens with one attached hydrogen (secondary N) is 1. The van der Waals surface area contributed by atoms with Gasteiger partial charge in [0, 0.05) is 5.69 Å². The van der Waals surface area contributed by atoms with Crippen LogP contribution in [0.2, 0.25) is 0 Å². The number of aryl methyl sites for hydroxylation is 2. The van der Waals surface area contributed by atoms with Crippen LogP contribution in [0, 0.1) is 19.7 Å². The quantitative estimate of drug-likeness (QED) is 0.815. The Labute approximate surface area is 145 Å². The number of carbonyl (C=O) groups is 2. The molecule has 0 saturated heterocycles. The summed E-state index contributed by atoms with van der Waals surface area (Å²) in [5.41, 5.74) is 2.24. The van der Waals surface area contributed by atoms with Crippen LogP contribution >= 0.6 is 0 Å². The Morgan fingerprint density at radius 3 is 2.28 bits per heavy atom. The molecular weight excluding hydrogens is 325 g/mol. The van der Waals surface area contributed by atoms with Crippen molar-refractivity contribution < 1.29 is 23.5 Å². The highest BCUT2D eigenvalue weighted by molar-refractivity contribution is 5.95. The van der Waals surface area contributed by atoms with Crippen molar-refractivity contribution in [2.24, 2.45) is 0 Å². The van der Waals surface area contributed by atoms with E-state index in [9.17, 15) is 14.0 Å². The van der Waals surface area contributed by atoms with E-state index in [1.807, 2.05) is 32.0 Å². The lowest BCUT2D eigenvalue weighted by Crippen LogP contribution is -2.31. The third-order valence-electron chi connectivity index (χ3n) is 3.53. The smallest absolute Gasteiger partial charge is 0.344 e. The fraction of sp³-hybridized carbons (Fsp3) is 0.263. The van der Waals surface area contributed by atoms with E-state index in [1.165, 1.54) is 31.2 Å². The molecule has 5 nitrogen and oxygen atoms in total. The van der Waals surface area contributed by atoms with Gasteiger partial charge in [0.1, 0.15) is 11.6 Å². The SMILES string of the molecule is Cc1cccc(C)c1OCC(=O)O[C@@H](C)C(=O)Nc1ccc(F)cc1. The monoisotopic (exact) mass is 345 g/mol. The van der Waals surface area contributed by atoms with Crippen molar-refractivity contribution in [2.45, 2.75) is 26.9 Å². The van der Waals surface area contributed by atoms with E-state index < -0.39 is 23.8 Å². The molecule has 1 amide bonds. The summed E-state index contributed by atoms with van der Waals surface area (Å²) in [7, 11) is 0.